The standard InChI is InChI=1S/C21H22N2O5/c1-3-16-18(20(25)27-4-2)17(23-21(26)22-16)12-28-19(24)15-10-9-13-7-5-6-8-14(13)11-15/h5-11,16H,3-4,12H2,1-2H3,(H2,22,23,26)/t16-/m1/s1. The highest BCUT2D eigenvalue weighted by Crippen LogP contribution is 2.19. The zero-order valence-corrected chi connectivity index (χ0v) is 15.8. The van der Waals surface area contributed by atoms with Gasteiger partial charge < -0.3 is 20.1 Å². The van der Waals surface area contributed by atoms with Gasteiger partial charge in [0.05, 0.1) is 29.5 Å². The van der Waals surface area contributed by atoms with E-state index in [1.807, 2.05) is 37.3 Å². The quantitative estimate of drug-likeness (QED) is 0.750. The minimum absolute atomic E-state index is 0.205. The third kappa shape index (κ3) is 4.14. The Hall–Kier alpha value is -3.35. The lowest BCUT2D eigenvalue weighted by molar-refractivity contribution is -0.139. The summed E-state index contributed by atoms with van der Waals surface area (Å²) in [5.41, 5.74) is 0.905. The van der Waals surface area contributed by atoms with E-state index >= 15 is 0 Å². The van der Waals surface area contributed by atoms with E-state index in [4.69, 9.17) is 9.47 Å². The molecule has 1 atom stereocenters. The van der Waals surface area contributed by atoms with Crippen LogP contribution in [0.15, 0.2) is 53.7 Å². The molecule has 0 spiro atoms. The number of amides is 2. The lowest BCUT2D eigenvalue weighted by atomic mass is 10.0. The summed E-state index contributed by atoms with van der Waals surface area (Å²) in [4.78, 5) is 36.7. The van der Waals surface area contributed by atoms with E-state index in [-0.39, 0.29) is 24.5 Å². The van der Waals surface area contributed by atoms with E-state index in [1.54, 1.807) is 19.1 Å². The Morgan fingerprint density at radius 2 is 1.75 bits per heavy atom. The van der Waals surface area contributed by atoms with Crippen molar-refractivity contribution < 1.29 is 23.9 Å². The molecule has 2 N–H and O–H groups in total. The number of carbonyl (C=O) groups is 3. The van der Waals surface area contributed by atoms with Crippen LogP contribution in [0.1, 0.15) is 30.6 Å². The number of benzene rings is 2. The Morgan fingerprint density at radius 1 is 1.00 bits per heavy atom. The van der Waals surface area contributed by atoms with Gasteiger partial charge in [-0.05, 0) is 36.2 Å². The molecular weight excluding hydrogens is 360 g/mol. The molecule has 0 radical (unpaired) electrons. The Morgan fingerprint density at radius 3 is 2.46 bits per heavy atom. The predicted molar refractivity (Wildman–Crippen MR) is 104 cm³/mol. The van der Waals surface area contributed by atoms with Crippen molar-refractivity contribution in [1.82, 2.24) is 10.6 Å². The van der Waals surface area contributed by atoms with Gasteiger partial charge in [0, 0.05) is 0 Å². The Labute approximate surface area is 162 Å². The number of ether oxygens (including phenoxy) is 2. The molecule has 1 aliphatic heterocycles. The van der Waals surface area contributed by atoms with Crippen LogP contribution < -0.4 is 10.6 Å². The number of hydrogen-bond donors (Lipinski definition) is 2. The normalized spacial score (nSPS) is 16.4. The summed E-state index contributed by atoms with van der Waals surface area (Å²) in [5, 5.41) is 7.17. The van der Waals surface area contributed by atoms with Crippen LogP contribution in [0.4, 0.5) is 4.79 Å². The average molecular weight is 382 g/mol. The fourth-order valence-corrected chi connectivity index (χ4v) is 3.11. The minimum Gasteiger partial charge on any atom is -0.463 e. The molecular formula is C21H22N2O5. The largest absolute Gasteiger partial charge is 0.463 e. The highest BCUT2D eigenvalue weighted by atomic mass is 16.5. The molecule has 0 aliphatic carbocycles. The van der Waals surface area contributed by atoms with Crippen molar-refractivity contribution >= 4 is 28.7 Å². The molecule has 1 heterocycles. The van der Waals surface area contributed by atoms with Crippen LogP contribution in [0.5, 0.6) is 0 Å². The summed E-state index contributed by atoms with van der Waals surface area (Å²) in [5.74, 6) is -1.08. The molecule has 0 aromatic heterocycles. The van der Waals surface area contributed by atoms with E-state index in [9.17, 15) is 14.4 Å². The molecule has 2 aromatic rings. The van der Waals surface area contributed by atoms with Crippen LogP contribution >= 0.6 is 0 Å². The smallest absolute Gasteiger partial charge is 0.338 e. The van der Waals surface area contributed by atoms with Gasteiger partial charge in [-0.1, -0.05) is 37.3 Å². The summed E-state index contributed by atoms with van der Waals surface area (Å²) in [6.45, 7) is 3.52. The third-order valence-electron chi connectivity index (χ3n) is 4.48. The molecule has 2 aromatic carbocycles. The minimum atomic E-state index is -0.543. The summed E-state index contributed by atoms with van der Waals surface area (Å²) in [6, 6.07) is 12.0. The molecule has 0 saturated carbocycles. The van der Waals surface area contributed by atoms with Gasteiger partial charge >= 0.3 is 18.0 Å². The number of fused-ring (bicyclic) bond motifs is 1. The first-order valence-corrected chi connectivity index (χ1v) is 9.17. The second kappa shape index (κ2) is 8.56. The molecule has 146 valence electrons. The first kappa shape index (κ1) is 19.4. The average Bonchev–Trinajstić information content (AvgIpc) is 2.71. The van der Waals surface area contributed by atoms with Crippen LogP contribution in [-0.2, 0) is 14.3 Å². The van der Waals surface area contributed by atoms with Crippen molar-refractivity contribution in [2.24, 2.45) is 0 Å². The van der Waals surface area contributed by atoms with Gasteiger partial charge in [0.15, 0.2) is 0 Å². The number of esters is 2. The molecule has 0 unspecified atom stereocenters. The maximum Gasteiger partial charge on any atom is 0.338 e. The Kier molecular flexibility index (Phi) is 5.93. The Balaban J connectivity index is 1.81. The van der Waals surface area contributed by atoms with Gasteiger partial charge in [-0.2, -0.15) is 0 Å². The van der Waals surface area contributed by atoms with Crippen LogP contribution in [-0.4, -0.2) is 37.2 Å². The maximum atomic E-state index is 12.5. The molecule has 1 aliphatic rings. The third-order valence-corrected chi connectivity index (χ3v) is 4.48. The zero-order chi connectivity index (χ0) is 20.1. The number of rotatable bonds is 6. The van der Waals surface area contributed by atoms with Gasteiger partial charge in [-0.25, -0.2) is 14.4 Å². The summed E-state index contributed by atoms with van der Waals surface area (Å²) in [6.07, 6.45) is 0.504. The number of urea groups is 1. The van der Waals surface area contributed by atoms with Crippen molar-refractivity contribution in [2.75, 3.05) is 13.2 Å². The molecule has 2 amide bonds. The number of carbonyl (C=O) groups excluding carboxylic acids is 3. The van der Waals surface area contributed by atoms with Crippen LogP contribution in [0.2, 0.25) is 0 Å². The first-order valence-electron chi connectivity index (χ1n) is 9.17. The monoisotopic (exact) mass is 382 g/mol. The molecule has 7 heteroatoms. The number of hydrogen-bond acceptors (Lipinski definition) is 5. The van der Waals surface area contributed by atoms with Crippen LogP contribution in [0.3, 0.4) is 0 Å². The summed E-state index contributed by atoms with van der Waals surface area (Å²) < 4.78 is 10.5. The molecule has 28 heavy (non-hydrogen) atoms. The Bertz CT molecular complexity index is 951. The van der Waals surface area contributed by atoms with Crippen molar-refractivity contribution in [3.63, 3.8) is 0 Å². The van der Waals surface area contributed by atoms with Gasteiger partial charge in [-0.3, -0.25) is 0 Å². The van der Waals surface area contributed by atoms with Crippen molar-refractivity contribution in [3.8, 4) is 0 Å². The van der Waals surface area contributed by atoms with Crippen LogP contribution in [0.25, 0.3) is 10.8 Å². The van der Waals surface area contributed by atoms with Crippen LogP contribution in [0, 0.1) is 0 Å². The fourth-order valence-electron chi connectivity index (χ4n) is 3.11. The van der Waals surface area contributed by atoms with Gasteiger partial charge in [0.1, 0.15) is 6.61 Å². The van der Waals surface area contributed by atoms with E-state index in [2.05, 4.69) is 10.6 Å². The van der Waals surface area contributed by atoms with E-state index in [0.717, 1.165) is 10.8 Å². The van der Waals surface area contributed by atoms with Crippen molar-refractivity contribution in [3.05, 3.63) is 59.3 Å². The predicted octanol–water partition coefficient (Wildman–Crippen LogP) is 2.91. The zero-order valence-electron chi connectivity index (χ0n) is 15.8. The molecule has 0 bridgehead atoms. The van der Waals surface area contributed by atoms with E-state index < -0.39 is 24.0 Å². The second-order valence-electron chi connectivity index (χ2n) is 6.31. The van der Waals surface area contributed by atoms with Crippen molar-refractivity contribution in [2.45, 2.75) is 26.3 Å². The molecule has 0 fully saturated rings. The van der Waals surface area contributed by atoms with Gasteiger partial charge in [0.2, 0.25) is 0 Å². The van der Waals surface area contributed by atoms with Crippen molar-refractivity contribution in [1.29, 1.82) is 0 Å². The summed E-state index contributed by atoms with van der Waals surface area (Å²) in [7, 11) is 0. The van der Waals surface area contributed by atoms with E-state index in [0.29, 0.717) is 12.0 Å². The molecule has 3 rings (SSSR count). The SMILES string of the molecule is CCOC(=O)C1=C(COC(=O)c2ccc3ccccc3c2)NC(=O)N[C@@H]1CC. The lowest BCUT2D eigenvalue weighted by Gasteiger charge is -2.28. The van der Waals surface area contributed by atoms with Gasteiger partial charge in [-0.15, -0.1) is 0 Å². The topological polar surface area (TPSA) is 93.7 Å². The first-order chi connectivity index (χ1) is 13.5. The summed E-state index contributed by atoms with van der Waals surface area (Å²) >= 11 is 0. The molecule has 0 saturated heterocycles. The lowest BCUT2D eigenvalue weighted by Crippen LogP contribution is -2.51. The second-order valence-corrected chi connectivity index (χ2v) is 6.31. The molecule has 7 nitrogen and oxygen atoms in total. The highest BCUT2D eigenvalue weighted by Gasteiger charge is 2.32. The van der Waals surface area contributed by atoms with Gasteiger partial charge in [0.25, 0.3) is 0 Å². The maximum absolute atomic E-state index is 12.5. The van der Waals surface area contributed by atoms with E-state index in [1.165, 1.54) is 0 Å². The fraction of sp³-hybridized carbons (Fsp3) is 0.286. The highest BCUT2D eigenvalue weighted by molar-refractivity contribution is 5.96. The number of nitrogens with one attached hydrogen (secondary N) is 2.